The van der Waals surface area contributed by atoms with Crippen LogP contribution in [0.15, 0.2) is 22.7 Å². The highest BCUT2D eigenvalue weighted by atomic mass is 79.9. The van der Waals surface area contributed by atoms with Crippen LogP contribution in [-0.2, 0) is 6.42 Å². The minimum Gasteiger partial charge on any atom is -0.490 e. The molecule has 0 fully saturated rings. The van der Waals surface area contributed by atoms with E-state index in [1.807, 2.05) is 39.8 Å². The van der Waals surface area contributed by atoms with Crippen molar-refractivity contribution in [2.24, 2.45) is 0 Å². The normalized spacial score (nSPS) is 16.8. The lowest BCUT2D eigenvalue weighted by Gasteiger charge is -2.23. The van der Waals surface area contributed by atoms with E-state index >= 15 is 0 Å². The number of hydrogen-bond acceptors (Lipinski definition) is 1. The van der Waals surface area contributed by atoms with Crippen LogP contribution in [0, 0.1) is 0 Å². The van der Waals surface area contributed by atoms with E-state index < -0.39 is 0 Å². The molecule has 2 heteroatoms. The van der Waals surface area contributed by atoms with Gasteiger partial charge in [-0.2, -0.15) is 0 Å². The van der Waals surface area contributed by atoms with Gasteiger partial charge in [0.15, 0.2) is 0 Å². The van der Waals surface area contributed by atoms with Crippen molar-refractivity contribution < 1.29 is 4.74 Å². The Kier molecular flexibility index (Phi) is 8.36. The quantitative estimate of drug-likeness (QED) is 0.636. The zero-order chi connectivity index (χ0) is 12.6. The van der Waals surface area contributed by atoms with E-state index in [4.69, 9.17) is 4.74 Å². The van der Waals surface area contributed by atoms with Crippen molar-refractivity contribution in [3.05, 3.63) is 28.2 Å². The van der Waals surface area contributed by atoms with Crippen LogP contribution in [0.25, 0.3) is 0 Å². The molecule has 0 radical (unpaired) electrons. The third-order valence-electron chi connectivity index (χ3n) is 2.17. The smallest absolute Gasteiger partial charge is 0.122 e. The van der Waals surface area contributed by atoms with Gasteiger partial charge in [0.1, 0.15) is 5.75 Å². The van der Waals surface area contributed by atoms with Crippen LogP contribution in [0.1, 0.15) is 46.6 Å². The summed E-state index contributed by atoms with van der Waals surface area (Å²) in [5.74, 6) is 1.05. The first-order chi connectivity index (χ1) is 7.75. The maximum atomic E-state index is 5.67. The van der Waals surface area contributed by atoms with Gasteiger partial charge in [-0.3, -0.25) is 0 Å². The maximum absolute atomic E-state index is 5.67. The lowest BCUT2D eigenvalue weighted by atomic mass is 10.0. The fourth-order valence-corrected chi connectivity index (χ4v) is 1.90. The number of fused-ring (bicyclic) bond motifs is 1. The fourth-order valence-electron chi connectivity index (χ4n) is 1.49. The highest BCUT2D eigenvalue weighted by molar-refractivity contribution is 9.10. The van der Waals surface area contributed by atoms with E-state index in [1.165, 1.54) is 5.56 Å². The average molecular weight is 287 g/mol. The number of benzene rings is 1. The molecule has 0 aromatic heterocycles. The minimum absolute atomic E-state index is 0.374. The standard InChI is InChI=1S/C10H11BrO.2C2H6/c1-7-2-3-8-6-9(11)4-5-10(8)12-7;2*1-2/h4-7H,2-3H2,1H3;2*1-2H3. The number of aryl methyl sites for hydroxylation is 1. The Labute approximate surface area is 108 Å². The van der Waals surface area contributed by atoms with Gasteiger partial charge in [0.2, 0.25) is 0 Å². The van der Waals surface area contributed by atoms with Gasteiger partial charge >= 0.3 is 0 Å². The van der Waals surface area contributed by atoms with E-state index in [0.717, 1.165) is 23.1 Å². The first-order valence-corrected chi connectivity index (χ1v) is 7.00. The predicted octanol–water partition coefficient (Wildman–Crippen LogP) is 5.22. The van der Waals surface area contributed by atoms with Crippen molar-refractivity contribution in [2.75, 3.05) is 0 Å². The second-order valence-corrected chi connectivity index (χ2v) is 4.13. The Balaban J connectivity index is 0.000000509. The largest absolute Gasteiger partial charge is 0.490 e. The molecule has 1 heterocycles. The molecule has 1 nitrogen and oxygen atoms in total. The molecular weight excluding hydrogens is 264 g/mol. The molecule has 0 spiro atoms. The summed E-state index contributed by atoms with van der Waals surface area (Å²) in [6.07, 6.45) is 2.64. The Hall–Kier alpha value is -0.500. The number of hydrogen-bond donors (Lipinski definition) is 0. The molecule has 1 aliphatic heterocycles. The summed E-state index contributed by atoms with van der Waals surface area (Å²) in [6, 6.07) is 6.20. The van der Waals surface area contributed by atoms with Crippen LogP contribution in [0.5, 0.6) is 5.75 Å². The molecule has 0 N–H and O–H groups in total. The molecule has 0 aliphatic carbocycles. The zero-order valence-electron chi connectivity index (χ0n) is 11.0. The monoisotopic (exact) mass is 286 g/mol. The van der Waals surface area contributed by atoms with Crippen molar-refractivity contribution in [3.8, 4) is 5.75 Å². The van der Waals surface area contributed by atoms with Crippen LogP contribution >= 0.6 is 15.9 Å². The lowest BCUT2D eigenvalue weighted by molar-refractivity contribution is 0.192. The van der Waals surface area contributed by atoms with Crippen molar-refractivity contribution in [2.45, 2.75) is 53.6 Å². The maximum Gasteiger partial charge on any atom is 0.122 e. The number of halogens is 1. The van der Waals surface area contributed by atoms with E-state index in [1.54, 1.807) is 0 Å². The molecular formula is C14H23BrO. The second-order valence-electron chi connectivity index (χ2n) is 3.22. The zero-order valence-corrected chi connectivity index (χ0v) is 12.6. The van der Waals surface area contributed by atoms with Crippen LogP contribution in [0.4, 0.5) is 0 Å². The Morgan fingerprint density at radius 2 is 1.81 bits per heavy atom. The molecule has 0 saturated heterocycles. The van der Waals surface area contributed by atoms with Crippen molar-refractivity contribution in [1.29, 1.82) is 0 Å². The van der Waals surface area contributed by atoms with Gasteiger partial charge < -0.3 is 4.74 Å². The Morgan fingerprint density at radius 1 is 1.19 bits per heavy atom. The summed E-state index contributed by atoms with van der Waals surface area (Å²) >= 11 is 3.45. The Bertz CT molecular complexity index is 297. The summed E-state index contributed by atoms with van der Waals surface area (Å²) in [6.45, 7) is 10.1. The molecule has 0 amide bonds. The second kappa shape index (κ2) is 8.63. The molecule has 1 unspecified atom stereocenters. The van der Waals surface area contributed by atoms with Crippen LogP contribution in [0.2, 0.25) is 0 Å². The molecule has 1 aromatic carbocycles. The minimum atomic E-state index is 0.374. The summed E-state index contributed by atoms with van der Waals surface area (Å²) in [5.41, 5.74) is 1.32. The van der Waals surface area contributed by atoms with Crippen LogP contribution in [-0.4, -0.2) is 6.10 Å². The molecule has 92 valence electrons. The third-order valence-corrected chi connectivity index (χ3v) is 2.66. The molecule has 1 aliphatic rings. The van der Waals surface area contributed by atoms with Gasteiger partial charge in [0, 0.05) is 4.47 Å². The molecule has 1 aromatic rings. The van der Waals surface area contributed by atoms with Gasteiger partial charge in [-0.25, -0.2) is 0 Å². The van der Waals surface area contributed by atoms with E-state index in [2.05, 4.69) is 28.9 Å². The molecule has 1 atom stereocenters. The summed E-state index contributed by atoms with van der Waals surface area (Å²) in [4.78, 5) is 0. The van der Waals surface area contributed by atoms with Gasteiger partial charge in [-0.05, 0) is 43.5 Å². The molecule has 0 saturated carbocycles. The van der Waals surface area contributed by atoms with Gasteiger partial charge in [0.05, 0.1) is 6.10 Å². The molecule has 16 heavy (non-hydrogen) atoms. The third kappa shape index (κ3) is 4.56. The summed E-state index contributed by atoms with van der Waals surface area (Å²) < 4.78 is 6.80. The summed E-state index contributed by atoms with van der Waals surface area (Å²) in [5, 5.41) is 0. The highest BCUT2D eigenvalue weighted by Crippen LogP contribution is 2.29. The van der Waals surface area contributed by atoms with Gasteiger partial charge in [-0.1, -0.05) is 43.6 Å². The molecule has 2 rings (SSSR count). The summed E-state index contributed by atoms with van der Waals surface area (Å²) in [7, 11) is 0. The van der Waals surface area contributed by atoms with Crippen molar-refractivity contribution in [3.63, 3.8) is 0 Å². The average Bonchev–Trinajstić information content (AvgIpc) is 2.35. The fraction of sp³-hybridized carbons (Fsp3) is 0.571. The van der Waals surface area contributed by atoms with E-state index in [9.17, 15) is 0 Å². The van der Waals surface area contributed by atoms with Gasteiger partial charge in [-0.15, -0.1) is 0 Å². The van der Waals surface area contributed by atoms with Crippen LogP contribution in [0.3, 0.4) is 0 Å². The van der Waals surface area contributed by atoms with E-state index in [0.29, 0.717) is 6.10 Å². The SMILES string of the molecule is CC.CC.CC1CCc2cc(Br)ccc2O1. The van der Waals surface area contributed by atoms with Crippen LogP contribution < -0.4 is 4.74 Å². The van der Waals surface area contributed by atoms with Gasteiger partial charge in [0.25, 0.3) is 0 Å². The predicted molar refractivity (Wildman–Crippen MR) is 75.2 cm³/mol. The van der Waals surface area contributed by atoms with E-state index in [-0.39, 0.29) is 0 Å². The number of ether oxygens (including phenoxy) is 1. The first kappa shape index (κ1) is 15.5. The molecule has 0 bridgehead atoms. The van der Waals surface area contributed by atoms with Crippen molar-refractivity contribution in [1.82, 2.24) is 0 Å². The van der Waals surface area contributed by atoms with Crippen molar-refractivity contribution >= 4 is 15.9 Å². The highest BCUT2D eigenvalue weighted by Gasteiger charge is 2.15. The first-order valence-electron chi connectivity index (χ1n) is 6.21. The lowest BCUT2D eigenvalue weighted by Crippen LogP contribution is -2.18. The number of rotatable bonds is 0. The Morgan fingerprint density at radius 3 is 2.44 bits per heavy atom. The topological polar surface area (TPSA) is 9.23 Å².